The molecular formula is C17H33NO3. The van der Waals surface area contributed by atoms with E-state index in [-0.39, 0.29) is 22.7 Å². The van der Waals surface area contributed by atoms with Gasteiger partial charge in [0.1, 0.15) is 0 Å². The van der Waals surface area contributed by atoms with Crippen LogP contribution in [0.2, 0.25) is 0 Å². The molecule has 0 radical (unpaired) electrons. The van der Waals surface area contributed by atoms with E-state index in [1.165, 1.54) is 0 Å². The summed E-state index contributed by atoms with van der Waals surface area (Å²) >= 11 is 0. The van der Waals surface area contributed by atoms with E-state index < -0.39 is 6.10 Å². The van der Waals surface area contributed by atoms with Crippen molar-refractivity contribution >= 4 is 0 Å². The second kappa shape index (κ2) is 5.80. The van der Waals surface area contributed by atoms with Gasteiger partial charge in [0, 0.05) is 24.5 Å². The molecule has 0 amide bonds. The first-order valence-electron chi connectivity index (χ1n) is 8.33. The monoisotopic (exact) mass is 299 g/mol. The third kappa shape index (κ3) is 3.29. The maximum atomic E-state index is 11.2. The second-order valence-electron chi connectivity index (χ2n) is 8.03. The third-order valence-electron chi connectivity index (χ3n) is 5.61. The molecule has 1 N–H and O–H groups in total. The van der Waals surface area contributed by atoms with Gasteiger partial charge in [-0.15, -0.1) is 0 Å². The minimum absolute atomic E-state index is 0.153. The molecule has 3 atom stereocenters. The van der Waals surface area contributed by atoms with Gasteiger partial charge in [0.05, 0.1) is 30.5 Å². The number of nitrogens with zero attached hydrogens (tertiary/aromatic N) is 1. The van der Waals surface area contributed by atoms with Crippen molar-refractivity contribution in [2.24, 2.45) is 5.92 Å². The zero-order valence-corrected chi connectivity index (χ0v) is 14.6. The van der Waals surface area contributed by atoms with Gasteiger partial charge in [0.15, 0.2) is 0 Å². The van der Waals surface area contributed by atoms with E-state index in [1.807, 2.05) is 0 Å². The van der Waals surface area contributed by atoms with E-state index in [2.05, 4.69) is 46.4 Å². The fourth-order valence-electron chi connectivity index (χ4n) is 4.22. The lowest BCUT2D eigenvalue weighted by molar-refractivity contribution is -0.126. The quantitative estimate of drug-likeness (QED) is 0.866. The molecule has 3 unspecified atom stereocenters. The number of aliphatic hydroxyl groups is 1. The average Bonchev–Trinajstić information content (AvgIpc) is 2.65. The summed E-state index contributed by atoms with van der Waals surface area (Å²) in [4.78, 5) is 2.41. The molecule has 0 spiro atoms. The summed E-state index contributed by atoms with van der Waals surface area (Å²) in [6.07, 6.45) is 1.44. The van der Waals surface area contributed by atoms with E-state index in [4.69, 9.17) is 9.47 Å². The Morgan fingerprint density at radius 2 is 1.81 bits per heavy atom. The van der Waals surface area contributed by atoms with Crippen molar-refractivity contribution in [1.29, 1.82) is 0 Å². The zero-order chi connectivity index (χ0) is 15.9. The van der Waals surface area contributed by atoms with E-state index in [1.54, 1.807) is 0 Å². The van der Waals surface area contributed by atoms with Crippen LogP contribution in [-0.4, -0.2) is 59.2 Å². The standard InChI is InChI=1S/C17H33NO3/c1-7-17(6,18-8-10-20-11-9-18)14(19)13-12-15(2,3)21-16(13,4)5/h13-14,19H,7-12H2,1-6H3. The average molecular weight is 299 g/mol. The van der Waals surface area contributed by atoms with Crippen LogP contribution in [0.4, 0.5) is 0 Å². The van der Waals surface area contributed by atoms with Gasteiger partial charge in [-0.25, -0.2) is 0 Å². The molecule has 4 nitrogen and oxygen atoms in total. The smallest absolute Gasteiger partial charge is 0.0777 e. The Kier molecular flexibility index (Phi) is 4.75. The molecule has 0 aliphatic carbocycles. The summed E-state index contributed by atoms with van der Waals surface area (Å²) in [7, 11) is 0. The van der Waals surface area contributed by atoms with Crippen molar-refractivity contribution in [3.8, 4) is 0 Å². The maximum Gasteiger partial charge on any atom is 0.0777 e. The Morgan fingerprint density at radius 3 is 2.24 bits per heavy atom. The highest BCUT2D eigenvalue weighted by Crippen LogP contribution is 2.47. The SMILES string of the molecule is CCC(C)(C(O)C1CC(C)(C)OC1(C)C)N1CCOCC1. The van der Waals surface area contributed by atoms with Crippen LogP contribution in [0, 0.1) is 5.92 Å². The normalized spacial score (nSPS) is 33.6. The summed E-state index contributed by atoms with van der Waals surface area (Å²) in [5.41, 5.74) is -0.657. The molecule has 0 aromatic rings. The number of morpholine rings is 1. The van der Waals surface area contributed by atoms with Crippen molar-refractivity contribution in [3.05, 3.63) is 0 Å². The second-order valence-corrected chi connectivity index (χ2v) is 8.03. The van der Waals surface area contributed by atoms with Gasteiger partial charge in [-0.05, 0) is 47.5 Å². The number of hydrogen-bond acceptors (Lipinski definition) is 4. The van der Waals surface area contributed by atoms with Crippen molar-refractivity contribution in [1.82, 2.24) is 4.90 Å². The van der Waals surface area contributed by atoms with E-state index in [9.17, 15) is 5.11 Å². The van der Waals surface area contributed by atoms with Crippen LogP contribution in [0.15, 0.2) is 0 Å². The molecule has 2 saturated heterocycles. The molecule has 4 heteroatoms. The van der Waals surface area contributed by atoms with Crippen LogP contribution in [0.1, 0.15) is 54.4 Å². The van der Waals surface area contributed by atoms with Crippen molar-refractivity contribution < 1.29 is 14.6 Å². The molecule has 0 saturated carbocycles. The minimum Gasteiger partial charge on any atom is -0.391 e. The number of rotatable bonds is 4. The molecule has 2 fully saturated rings. The molecule has 0 bridgehead atoms. The molecule has 0 aromatic carbocycles. The maximum absolute atomic E-state index is 11.2. The van der Waals surface area contributed by atoms with Gasteiger partial charge in [-0.2, -0.15) is 0 Å². The van der Waals surface area contributed by atoms with Gasteiger partial charge < -0.3 is 14.6 Å². The summed E-state index contributed by atoms with van der Waals surface area (Å²) in [5.74, 6) is 0.153. The first kappa shape index (κ1) is 17.2. The highest BCUT2D eigenvalue weighted by atomic mass is 16.5. The van der Waals surface area contributed by atoms with Gasteiger partial charge in [-0.3, -0.25) is 4.90 Å². The topological polar surface area (TPSA) is 41.9 Å². The predicted molar refractivity (Wildman–Crippen MR) is 84.4 cm³/mol. The Balaban J connectivity index is 2.21. The molecular weight excluding hydrogens is 266 g/mol. The van der Waals surface area contributed by atoms with E-state index >= 15 is 0 Å². The van der Waals surface area contributed by atoms with Crippen LogP contribution < -0.4 is 0 Å². The Hall–Kier alpha value is -0.160. The van der Waals surface area contributed by atoms with Gasteiger partial charge >= 0.3 is 0 Å². The summed E-state index contributed by atoms with van der Waals surface area (Å²) in [5, 5.41) is 11.2. The first-order valence-corrected chi connectivity index (χ1v) is 8.33. The zero-order valence-electron chi connectivity index (χ0n) is 14.6. The fourth-order valence-corrected chi connectivity index (χ4v) is 4.22. The number of aliphatic hydroxyl groups excluding tert-OH is 1. The Morgan fingerprint density at radius 1 is 1.24 bits per heavy atom. The first-order chi connectivity index (χ1) is 9.62. The van der Waals surface area contributed by atoms with E-state index in [0.29, 0.717) is 0 Å². The van der Waals surface area contributed by atoms with Crippen molar-refractivity contribution in [2.75, 3.05) is 26.3 Å². The molecule has 2 heterocycles. The lowest BCUT2D eigenvalue weighted by Gasteiger charge is -2.49. The Labute approximate surface area is 129 Å². The molecule has 0 aromatic heterocycles. The predicted octanol–water partition coefficient (Wildman–Crippen LogP) is 2.44. The number of hydrogen-bond donors (Lipinski definition) is 1. The molecule has 2 rings (SSSR count). The summed E-state index contributed by atoms with van der Waals surface area (Å²) in [6, 6.07) is 0. The number of ether oxygens (including phenoxy) is 2. The van der Waals surface area contributed by atoms with Crippen LogP contribution in [-0.2, 0) is 9.47 Å². The van der Waals surface area contributed by atoms with Gasteiger partial charge in [0.25, 0.3) is 0 Å². The fraction of sp³-hybridized carbons (Fsp3) is 1.00. The lowest BCUT2D eigenvalue weighted by Crippen LogP contribution is -2.61. The molecule has 21 heavy (non-hydrogen) atoms. The van der Waals surface area contributed by atoms with Gasteiger partial charge in [0.2, 0.25) is 0 Å². The molecule has 2 aliphatic rings. The van der Waals surface area contributed by atoms with Crippen LogP contribution >= 0.6 is 0 Å². The highest BCUT2D eigenvalue weighted by molar-refractivity contribution is 5.05. The molecule has 124 valence electrons. The van der Waals surface area contributed by atoms with E-state index in [0.717, 1.165) is 39.1 Å². The van der Waals surface area contributed by atoms with Crippen LogP contribution in [0.3, 0.4) is 0 Å². The van der Waals surface area contributed by atoms with Crippen LogP contribution in [0.5, 0.6) is 0 Å². The molecule has 2 aliphatic heterocycles. The lowest BCUT2D eigenvalue weighted by atomic mass is 9.73. The van der Waals surface area contributed by atoms with Crippen molar-refractivity contribution in [2.45, 2.75) is 77.2 Å². The summed E-state index contributed by atoms with van der Waals surface area (Å²) < 4.78 is 11.7. The Bertz CT molecular complexity index is 363. The highest BCUT2D eigenvalue weighted by Gasteiger charge is 2.54. The van der Waals surface area contributed by atoms with Crippen LogP contribution in [0.25, 0.3) is 0 Å². The van der Waals surface area contributed by atoms with Gasteiger partial charge in [-0.1, -0.05) is 6.92 Å². The third-order valence-corrected chi connectivity index (χ3v) is 5.61. The minimum atomic E-state index is -0.391. The van der Waals surface area contributed by atoms with Crippen molar-refractivity contribution in [3.63, 3.8) is 0 Å². The summed E-state index contributed by atoms with van der Waals surface area (Å²) in [6.45, 7) is 16.2. The largest absolute Gasteiger partial charge is 0.391 e.